The van der Waals surface area contributed by atoms with Crippen molar-refractivity contribution in [2.45, 2.75) is 12.5 Å². The summed E-state index contributed by atoms with van der Waals surface area (Å²) in [5, 5.41) is 19.1. The summed E-state index contributed by atoms with van der Waals surface area (Å²) in [4.78, 5) is 20.5. The predicted octanol–water partition coefficient (Wildman–Crippen LogP) is 1.07. The van der Waals surface area contributed by atoms with Gasteiger partial charge in [-0.3, -0.25) is 14.9 Å². The molecule has 0 heterocycles. The molecule has 0 radical (unpaired) electrons. The molecule has 1 aromatic rings. The van der Waals surface area contributed by atoms with E-state index >= 15 is 0 Å². The highest BCUT2D eigenvalue weighted by Gasteiger charge is 2.20. The number of carboxylic acid groups (broad SMARTS) is 1. The maximum absolute atomic E-state index is 10.6. The van der Waals surface area contributed by atoms with E-state index in [1.54, 1.807) is 6.07 Å². The fourth-order valence-electron chi connectivity index (χ4n) is 1.27. The SMILES string of the molecule is [15NH2]C(CC(=O)O)c1ccccc1[N+](=O)[O-]. The molecule has 1 unspecified atom stereocenters. The molecule has 80 valence electrons. The monoisotopic (exact) mass is 211 g/mol. The molecule has 0 fully saturated rings. The summed E-state index contributed by atoms with van der Waals surface area (Å²) in [5.74, 6) is -1.08. The zero-order valence-electron chi connectivity index (χ0n) is 7.79. The van der Waals surface area contributed by atoms with Crippen LogP contribution >= 0.6 is 0 Å². The largest absolute Gasteiger partial charge is 0.481 e. The Morgan fingerprint density at radius 1 is 1.53 bits per heavy atom. The van der Waals surface area contributed by atoms with Crippen molar-refractivity contribution in [3.8, 4) is 0 Å². The van der Waals surface area contributed by atoms with E-state index in [0.717, 1.165) is 0 Å². The maximum Gasteiger partial charge on any atom is 0.305 e. The van der Waals surface area contributed by atoms with Crippen LogP contribution in [0.1, 0.15) is 18.0 Å². The molecule has 1 rings (SSSR count). The summed E-state index contributed by atoms with van der Waals surface area (Å²) in [6.45, 7) is 0. The number of carboxylic acids is 1. The minimum Gasteiger partial charge on any atom is -0.481 e. The van der Waals surface area contributed by atoms with Gasteiger partial charge in [-0.15, -0.1) is 0 Å². The van der Waals surface area contributed by atoms with Crippen LogP contribution in [0.2, 0.25) is 0 Å². The lowest BCUT2D eigenvalue weighted by atomic mass is 10.0. The zero-order chi connectivity index (χ0) is 11.4. The topological polar surface area (TPSA) is 106 Å². The van der Waals surface area contributed by atoms with Gasteiger partial charge in [0.05, 0.1) is 11.3 Å². The molecular weight excluding hydrogens is 201 g/mol. The van der Waals surface area contributed by atoms with Crippen molar-refractivity contribution in [1.82, 2.24) is 0 Å². The molecule has 0 bridgehead atoms. The number of carbonyl (C=O) groups is 1. The van der Waals surface area contributed by atoms with E-state index in [1.807, 2.05) is 0 Å². The van der Waals surface area contributed by atoms with Crippen LogP contribution in [0.25, 0.3) is 0 Å². The lowest BCUT2D eigenvalue weighted by Crippen LogP contribution is -2.16. The average molecular weight is 211 g/mol. The molecule has 3 N–H and O–H groups in total. The van der Waals surface area contributed by atoms with Crippen LogP contribution in [-0.2, 0) is 4.79 Å². The van der Waals surface area contributed by atoms with E-state index < -0.39 is 16.9 Å². The number of nitro benzene ring substituents is 1. The Morgan fingerprint density at radius 3 is 2.67 bits per heavy atom. The lowest BCUT2D eigenvalue weighted by molar-refractivity contribution is -0.385. The third kappa shape index (κ3) is 2.75. The normalized spacial score (nSPS) is 12.1. The van der Waals surface area contributed by atoms with Crippen LogP contribution in [0.5, 0.6) is 0 Å². The highest BCUT2D eigenvalue weighted by molar-refractivity contribution is 5.68. The quantitative estimate of drug-likeness (QED) is 0.440. The van der Waals surface area contributed by atoms with Gasteiger partial charge in [0.2, 0.25) is 0 Å². The van der Waals surface area contributed by atoms with Crippen molar-refractivity contribution < 1.29 is 14.8 Å². The van der Waals surface area contributed by atoms with Crippen LogP contribution in [0.15, 0.2) is 24.3 Å². The number of hydrogen-bond donors (Lipinski definition) is 2. The third-order valence-electron chi connectivity index (χ3n) is 1.93. The Hall–Kier alpha value is -1.95. The first-order valence-electron chi connectivity index (χ1n) is 4.23. The summed E-state index contributed by atoms with van der Waals surface area (Å²) in [6, 6.07) is 5.01. The van der Waals surface area contributed by atoms with Gasteiger partial charge in [-0.2, -0.15) is 0 Å². The number of nitrogens with two attached hydrogens (primary N) is 1. The van der Waals surface area contributed by atoms with Crippen LogP contribution in [-0.4, -0.2) is 16.0 Å². The minimum absolute atomic E-state index is 0.147. The van der Waals surface area contributed by atoms with E-state index in [1.165, 1.54) is 18.2 Å². The Morgan fingerprint density at radius 2 is 2.13 bits per heavy atom. The van der Waals surface area contributed by atoms with Crippen molar-refractivity contribution in [2.75, 3.05) is 0 Å². The molecule has 0 amide bonds. The Kier molecular flexibility index (Phi) is 3.35. The average Bonchev–Trinajstić information content (AvgIpc) is 2.16. The highest BCUT2D eigenvalue weighted by Crippen LogP contribution is 2.24. The number of para-hydroxylation sites is 1. The summed E-state index contributed by atoms with van der Waals surface area (Å²) in [6.07, 6.45) is -0.329. The molecule has 6 nitrogen and oxygen atoms in total. The number of rotatable bonds is 4. The molecule has 1 atom stereocenters. The van der Waals surface area contributed by atoms with Crippen molar-refractivity contribution in [3.63, 3.8) is 0 Å². The standard InChI is InChI=1S/C9H10N2O4/c10-7(5-9(12)13)6-3-1-2-4-8(6)11(14)15/h1-4,7H,5,10H2,(H,12,13)/i10+1. The van der Waals surface area contributed by atoms with Gasteiger partial charge in [0, 0.05) is 17.7 Å². The molecule has 15 heavy (non-hydrogen) atoms. The molecule has 0 spiro atoms. The molecule has 0 aromatic heterocycles. The van der Waals surface area contributed by atoms with Gasteiger partial charge >= 0.3 is 5.97 Å². The van der Waals surface area contributed by atoms with E-state index in [2.05, 4.69) is 0 Å². The third-order valence-corrected chi connectivity index (χ3v) is 1.93. The Bertz CT molecular complexity index is 391. The van der Waals surface area contributed by atoms with Gasteiger partial charge in [0.1, 0.15) is 0 Å². The molecule has 0 aliphatic heterocycles. The number of benzene rings is 1. The van der Waals surface area contributed by atoms with Crippen molar-refractivity contribution >= 4 is 11.7 Å². The summed E-state index contributed by atoms with van der Waals surface area (Å²) >= 11 is 0. The maximum atomic E-state index is 10.6. The van der Waals surface area contributed by atoms with Gasteiger partial charge in [0.25, 0.3) is 5.69 Å². The fourth-order valence-corrected chi connectivity index (χ4v) is 1.27. The second-order valence-electron chi connectivity index (χ2n) is 3.02. The van der Waals surface area contributed by atoms with Gasteiger partial charge in [0.15, 0.2) is 0 Å². The Labute approximate surface area is 85.5 Å². The molecule has 0 saturated carbocycles. The van der Waals surface area contributed by atoms with E-state index in [4.69, 9.17) is 10.8 Å². The molecule has 6 heteroatoms. The van der Waals surface area contributed by atoms with Gasteiger partial charge < -0.3 is 10.8 Å². The summed E-state index contributed by atoms with van der Waals surface area (Å²) < 4.78 is 0. The molecule has 0 aliphatic rings. The second-order valence-corrected chi connectivity index (χ2v) is 3.02. The van der Waals surface area contributed by atoms with E-state index in [-0.39, 0.29) is 17.7 Å². The zero-order valence-corrected chi connectivity index (χ0v) is 7.79. The predicted molar refractivity (Wildman–Crippen MR) is 52.3 cm³/mol. The van der Waals surface area contributed by atoms with Crippen LogP contribution in [0.3, 0.4) is 0 Å². The smallest absolute Gasteiger partial charge is 0.305 e. The minimum atomic E-state index is -1.08. The summed E-state index contributed by atoms with van der Waals surface area (Å²) in [5.41, 5.74) is 5.64. The molecular formula is C9H10N2O4. The van der Waals surface area contributed by atoms with Crippen LogP contribution in [0.4, 0.5) is 5.69 Å². The van der Waals surface area contributed by atoms with E-state index in [0.29, 0.717) is 0 Å². The Balaban J connectivity index is 3.02. The van der Waals surface area contributed by atoms with Crippen molar-refractivity contribution in [1.29, 1.82) is 0 Å². The number of hydrogen-bond acceptors (Lipinski definition) is 4. The van der Waals surface area contributed by atoms with E-state index in [9.17, 15) is 14.9 Å². The first kappa shape index (κ1) is 11.1. The first-order chi connectivity index (χ1) is 7.02. The van der Waals surface area contributed by atoms with Crippen molar-refractivity contribution in [3.05, 3.63) is 39.9 Å². The second kappa shape index (κ2) is 4.52. The van der Waals surface area contributed by atoms with Gasteiger partial charge in [-0.05, 0) is 0 Å². The molecule has 0 saturated heterocycles. The fraction of sp³-hybridized carbons (Fsp3) is 0.222. The van der Waals surface area contributed by atoms with Crippen molar-refractivity contribution in [2.24, 2.45) is 5.73 Å². The van der Waals surface area contributed by atoms with Gasteiger partial charge in [-0.1, -0.05) is 18.2 Å². The first-order valence-corrected chi connectivity index (χ1v) is 4.23. The van der Waals surface area contributed by atoms with Gasteiger partial charge in [-0.25, -0.2) is 0 Å². The summed E-state index contributed by atoms with van der Waals surface area (Å²) in [7, 11) is 0. The number of nitrogens with zero attached hydrogens (tertiary/aromatic N) is 1. The highest BCUT2D eigenvalue weighted by atomic mass is 16.6. The number of aliphatic carboxylic acids is 1. The molecule has 0 aliphatic carbocycles. The molecule has 1 aromatic carbocycles. The van der Waals surface area contributed by atoms with Crippen LogP contribution in [0, 0.1) is 10.1 Å². The number of nitro groups is 1. The van der Waals surface area contributed by atoms with Crippen LogP contribution < -0.4 is 5.73 Å². The lowest BCUT2D eigenvalue weighted by Gasteiger charge is -2.08.